The number of hydrogen-bond acceptors (Lipinski definition) is 10. The van der Waals surface area contributed by atoms with Crippen LogP contribution in [0.4, 0.5) is 17.8 Å². The van der Waals surface area contributed by atoms with Crippen LogP contribution in [-0.4, -0.2) is 82.5 Å². The van der Waals surface area contributed by atoms with Gasteiger partial charge in [-0.2, -0.15) is 15.0 Å². The van der Waals surface area contributed by atoms with E-state index >= 15 is 0 Å². The monoisotopic (exact) mass is 551 g/mol. The summed E-state index contributed by atoms with van der Waals surface area (Å²) in [5.41, 5.74) is 0.641. The third-order valence-electron chi connectivity index (χ3n) is 6.48. The third kappa shape index (κ3) is 10.8. The summed E-state index contributed by atoms with van der Waals surface area (Å²) in [5, 5.41) is 12.9. The molecule has 1 aromatic carbocycles. The Morgan fingerprint density at radius 2 is 1.55 bits per heavy atom. The number of benzene rings is 1. The number of carbonyl (C=O) groups excluding carboxylic acids is 1. The highest BCUT2D eigenvalue weighted by Crippen LogP contribution is 2.21. The van der Waals surface area contributed by atoms with E-state index in [9.17, 15) is 4.79 Å². The van der Waals surface area contributed by atoms with Gasteiger partial charge in [0.25, 0.3) is 5.91 Å². The number of ether oxygens (including phenoxy) is 2. The van der Waals surface area contributed by atoms with Crippen LogP contribution >= 0.6 is 0 Å². The van der Waals surface area contributed by atoms with Crippen LogP contribution in [0.15, 0.2) is 49.1 Å². The second-order valence-electron chi connectivity index (χ2n) is 9.64. The van der Waals surface area contributed by atoms with Crippen molar-refractivity contribution in [3.63, 3.8) is 0 Å². The fourth-order valence-electron chi connectivity index (χ4n) is 4.39. The number of nitrogens with zero attached hydrogens (tertiary/aromatic N) is 5. The fourth-order valence-corrected chi connectivity index (χ4v) is 4.39. The molecule has 0 spiro atoms. The first-order valence-electron chi connectivity index (χ1n) is 14.2. The number of aryl methyl sites for hydroxylation is 1. The minimum absolute atomic E-state index is 0.102. The van der Waals surface area contributed by atoms with Gasteiger partial charge in [0.2, 0.25) is 17.8 Å². The van der Waals surface area contributed by atoms with Gasteiger partial charge < -0.3 is 35.3 Å². The number of hydrogen-bond donors (Lipinski definition) is 4. The van der Waals surface area contributed by atoms with E-state index in [1.54, 1.807) is 18.3 Å². The van der Waals surface area contributed by atoms with Gasteiger partial charge in [-0.05, 0) is 31.4 Å². The Balaban J connectivity index is 1.12. The number of carbonyl (C=O) groups is 1. The Morgan fingerprint density at radius 3 is 2.27 bits per heavy atom. The van der Waals surface area contributed by atoms with E-state index in [0.717, 1.165) is 32.4 Å². The molecule has 4 rings (SSSR count). The first-order chi connectivity index (χ1) is 19.8. The Kier molecular flexibility index (Phi) is 12.4. The molecule has 2 aromatic heterocycles. The van der Waals surface area contributed by atoms with Gasteiger partial charge in [0, 0.05) is 50.2 Å². The van der Waals surface area contributed by atoms with Gasteiger partial charge in [-0.1, -0.05) is 37.5 Å². The maximum atomic E-state index is 12.0. The van der Waals surface area contributed by atoms with Crippen LogP contribution in [-0.2, 0) is 16.0 Å². The normalized spacial score (nSPS) is 13.6. The van der Waals surface area contributed by atoms with Crippen molar-refractivity contribution < 1.29 is 14.3 Å². The average Bonchev–Trinajstić information content (AvgIpc) is 3.51. The SMILES string of the molecule is O=C(NCCOCCOCCNc1nc(NCCCn2ccnc2)nc(NC2CCCCC2)n1)c1ccccc1. The molecular formula is C28H41N9O3. The highest BCUT2D eigenvalue weighted by Gasteiger charge is 2.15. The zero-order valence-electron chi connectivity index (χ0n) is 23.1. The van der Waals surface area contributed by atoms with Crippen LogP contribution in [0.3, 0.4) is 0 Å². The molecule has 1 aliphatic rings. The van der Waals surface area contributed by atoms with Crippen molar-refractivity contribution in [3.8, 4) is 0 Å². The highest BCUT2D eigenvalue weighted by atomic mass is 16.5. The molecule has 1 amide bonds. The minimum atomic E-state index is -0.102. The van der Waals surface area contributed by atoms with E-state index in [2.05, 4.69) is 41.2 Å². The number of rotatable bonds is 18. The number of anilines is 3. The fraction of sp³-hybridized carbons (Fsp3) is 0.536. The van der Waals surface area contributed by atoms with Crippen LogP contribution in [0, 0.1) is 0 Å². The molecule has 0 atom stereocenters. The molecule has 0 saturated heterocycles. The summed E-state index contributed by atoms with van der Waals surface area (Å²) in [6, 6.07) is 9.53. The Hall–Kier alpha value is -3.77. The van der Waals surface area contributed by atoms with Crippen LogP contribution in [0.25, 0.3) is 0 Å². The summed E-state index contributed by atoms with van der Waals surface area (Å²) in [6.45, 7) is 4.45. The Labute approximate surface area is 235 Å². The molecule has 2 heterocycles. The van der Waals surface area contributed by atoms with Gasteiger partial charge in [-0.3, -0.25) is 4.79 Å². The number of aromatic nitrogens is 5. The molecule has 1 aliphatic carbocycles. The quantitative estimate of drug-likeness (QED) is 0.174. The predicted octanol–water partition coefficient (Wildman–Crippen LogP) is 3.19. The number of nitrogens with one attached hydrogen (secondary N) is 4. The lowest BCUT2D eigenvalue weighted by Gasteiger charge is -2.23. The maximum Gasteiger partial charge on any atom is 0.251 e. The molecular weight excluding hydrogens is 510 g/mol. The molecule has 3 aromatic rings. The lowest BCUT2D eigenvalue weighted by Crippen LogP contribution is -2.27. The van der Waals surface area contributed by atoms with E-state index in [1.165, 1.54) is 19.3 Å². The lowest BCUT2D eigenvalue weighted by molar-refractivity contribution is 0.0519. The molecule has 0 unspecified atom stereocenters. The Bertz CT molecular complexity index is 1110. The number of imidazole rings is 1. The van der Waals surface area contributed by atoms with E-state index in [-0.39, 0.29) is 5.91 Å². The van der Waals surface area contributed by atoms with E-state index in [1.807, 2.05) is 35.3 Å². The smallest absolute Gasteiger partial charge is 0.251 e. The second-order valence-corrected chi connectivity index (χ2v) is 9.64. The van der Waals surface area contributed by atoms with E-state index < -0.39 is 0 Å². The van der Waals surface area contributed by atoms with Crippen LogP contribution in [0.1, 0.15) is 48.9 Å². The summed E-state index contributed by atoms with van der Waals surface area (Å²) in [6.07, 6.45) is 12.5. The summed E-state index contributed by atoms with van der Waals surface area (Å²) in [5.74, 6) is 1.56. The predicted molar refractivity (Wildman–Crippen MR) is 155 cm³/mol. The second kappa shape index (κ2) is 17.0. The topological polar surface area (TPSA) is 140 Å². The molecule has 0 bridgehead atoms. The van der Waals surface area contributed by atoms with Crippen molar-refractivity contribution in [1.82, 2.24) is 29.8 Å². The van der Waals surface area contributed by atoms with Gasteiger partial charge in [0.1, 0.15) is 0 Å². The van der Waals surface area contributed by atoms with Crippen molar-refractivity contribution in [2.24, 2.45) is 0 Å². The lowest BCUT2D eigenvalue weighted by atomic mass is 9.96. The van der Waals surface area contributed by atoms with Crippen molar-refractivity contribution in [1.29, 1.82) is 0 Å². The van der Waals surface area contributed by atoms with Crippen molar-refractivity contribution in [2.75, 3.05) is 62.0 Å². The summed E-state index contributed by atoms with van der Waals surface area (Å²) >= 11 is 0. The van der Waals surface area contributed by atoms with Gasteiger partial charge in [0.15, 0.2) is 0 Å². The van der Waals surface area contributed by atoms with Crippen molar-refractivity contribution in [2.45, 2.75) is 51.1 Å². The highest BCUT2D eigenvalue weighted by molar-refractivity contribution is 5.94. The van der Waals surface area contributed by atoms with Crippen LogP contribution < -0.4 is 21.3 Å². The average molecular weight is 552 g/mol. The minimum Gasteiger partial charge on any atom is -0.377 e. The van der Waals surface area contributed by atoms with Crippen LogP contribution in [0.2, 0.25) is 0 Å². The standard InChI is InChI=1S/C28H41N9O3/c38-25(23-8-3-1-4-9-23)30-14-18-39-20-21-40-19-15-32-27-34-26(31-12-7-16-37-17-13-29-22-37)35-28(36-27)33-24-10-5-2-6-11-24/h1,3-4,8-9,13,17,22,24H,2,5-7,10-12,14-16,18-21H2,(H,30,38)(H3,31,32,33,34,35,36). The first kappa shape index (κ1) is 29.2. The molecule has 4 N–H and O–H groups in total. The third-order valence-corrected chi connectivity index (χ3v) is 6.48. The van der Waals surface area contributed by atoms with Crippen molar-refractivity contribution >= 4 is 23.8 Å². The van der Waals surface area contributed by atoms with Crippen molar-refractivity contribution in [3.05, 3.63) is 54.6 Å². The summed E-state index contributed by atoms with van der Waals surface area (Å²) < 4.78 is 13.3. The Morgan fingerprint density at radius 1 is 0.850 bits per heavy atom. The van der Waals surface area contributed by atoms with Gasteiger partial charge >= 0.3 is 0 Å². The van der Waals surface area contributed by atoms with Gasteiger partial charge in [0.05, 0.1) is 32.8 Å². The molecule has 1 saturated carbocycles. The molecule has 0 radical (unpaired) electrons. The molecule has 0 aliphatic heterocycles. The van der Waals surface area contributed by atoms with Crippen LogP contribution in [0.5, 0.6) is 0 Å². The zero-order chi connectivity index (χ0) is 27.7. The molecule has 216 valence electrons. The molecule has 12 heteroatoms. The summed E-state index contributed by atoms with van der Waals surface area (Å²) in [4.78, 5) is 29.8. The maximum absolute atomic E-state index is 12.0. The number of amides is 1. The largest absolute Gasteiger partial charge is 0.377 e. The molecule has 12 nitrogen and oxygen atoms in total. The van der Waals surface area contributed by atoms with Gasteiger partial charge in [-0.15, -0.1) is 0 Å². The first-order valence-corrected chi connectivity index (χ1v) is 14.2. The van der Waals surface area contributed by atoms with Gasteiger partial charge in [-0.25, -0.2) is 4.98 Å². The summed E-state index contributed by atoms with van der Waals surface area (Å²) in [7, 11) is 0. The zero-order valence-corrected chi connectivity index (χ0v) is 23.1. The molecule has 40 heavy (non-hydrogen) atoms. The van der Waals surface area contributed by atoms with E-state index in [4.69, 9.17) is 9.47 Å². The molecule has 1 fully saturated rings. The van der Waals surface area contributed by atoms with E-state index in [0.29, 0.717) is 69.0 Å².